The molecular weight excluding hydrogens is 302 g/mol. The topological polar surface area (TPSA) is 101 Å². The minimum atomic E-state index is -0.269. The zero-order valence-corrected chi connectivity index (χ0v) is 12.8. The molecule has 2 aromatic heterocycles. The Morgan fingerprint density at radius 3 is 2.80 bits per heavy atom. The molecule has 0 amide bonds. The van der Waals surface area contributed by atoms with Crippen molar-refractivity contribution in [3.8, 4) is 0 Å². The number of anilines is 1. The highest BCUT2D eigenvalue weighted by Gasteiger charge is 2.15. The Labute approximate surface area is 124 Å². The minimum absolute atomic E-state index is 0.0192. The summed E-state index contributed by atoms with van der Waals surface area (Å²) in [6.07, 6.45) is 0. The Hall–Kier alpha value is -1.61. The Bertz CT molecular complexity index is 653. The zero-order chi connectivity index (χ0) is 14.7. The number of halogens is 1. The highest BCUT2D eigenvalue weighted by Crippen LogP contribution is 2.24. The molecule has 0 saturated carbocycles. The maximum absolute atomic E-state index is 11.6. The molecule has 2 aromatic rings. The number of nitrogens with zero attached hydrogens (tertiary/aromatic N) is 5. The minimum Gasteiger partial charge on any atom is -0.354 e. The normalized spacial score (nSPS) is 11.1. The standard InChI is InChI=1S/C10H14ClN7OS/c1-4-12-7-13-6(11)14-8(15-7)20-10-17-16-9(19)18(10)5(2)3/h5H,4H2,1-3H3,(H,16,19)(H,12,13,14,15). The van der Waals surface area contributed by atoms with Crippen molar-refractivity contribution >= 4 is 29.3 Å². The maximum atomic E-state index is 11.6. The number of rotatable bonds is 5. The SMILES string of the molecule is CCNc1nc(Cl)nc(Sc2n[nH]c(=O)n2C(C)C)n1. The third-order valence-electron chi connectivity index (χ3n) is 2.29. The lowest BCUT2D eigenvalue weighted by atomic mass is 10.4. The molecule has 0 aliphatic heterocycles. The van der Waals surface area contributed by atoms with Gasteiger partial charge in [0.05, 0.1) is 0 Å². The van der Waals surface area contributed by atoms with Crippen LogP contribution in [0.3, 0.4) is 0 Å². The largest absolute Gasteiger partial charge is 0.354 e. The van der Waals surface area contributed by atoms with E-state index in [4.69, 9.17) is 11.6 Å². The average molecular weight is 316 g/mol. The third-order valence-corrected chi connectivity index (χ3v) is 3.30. The van der Waals surface area contributed by atoms with Crippen LogP contribution in [0.25, 0.3) is 0 Å². The summed E-state index contributed by atoms with van der Waals surface area (Å²) < 4.78 is 1.52. The predicted octanol–water partition coefficient (Wildman–Crippen LogP) is 1.57. The maximum Gasteiger partial charge on any atom is 0.344 e. The quantitative estimate of drug-likeness (QED) is 0.863. The summed E-state index contributed by atoms with van der Waals surface area (Å²) in [6.45, 7) is 6.38. The zero-order valence-electron chi connectivity index (χ0n) is 11.2. The highest BCUT2D eigenvalue weighted by molar-refractivity contribution is 7.99. The lowest BCUT2D eigenvalue weighted by molar-refractivity contribution is 0.533. The van der Waals surface area contributed by atoms with Crippen molar-refractivity contribution < 1.29 is 0 Å². The van der Waals surface area contributed by atoms with E-state index in [0.29, 0.717) is 22.8 Å². The summed E-state index contributed by atoms with van der Waals surface area (Å²) in [5.74, 6) is 0.393. The van der Waals surface area contributed by atoms with E-state index in [-0.39, 0.29) is 17.0 Å². The van der Waals surface area contributed by atoms with Crippen LogP contribution in [0.2, 0.25) is 5.28 Å². The van der Waals surface area contributed by atoms with Crippen LogP contribution >= 0.6 is 23.4 Å². The van der Waals surface area contributed by atoms with Crippen LogP contribution in [0, 0.1) is 0 Å². The Kier molecular flexibility index (Phi) is 4.61. The van der Waals surface area contributed by atoms with Crippen molar-refractivity contribution in [2.24, 2.45) is 0 Å². The highest BCUT2D eigenvalue weighted by atomic mass is 35.5. The van der Waals surface area contributed by atoms with Gasteiger partial charge < -0.3 is 5.32 Å². The summed E-state index contributed by atoms with van der Waals surface area (Å²) in [5, 5.41) is 10.3. The molecule has 0 spiro atoms. The summed E-state index contributed by atoms with van der Waals surface area (Å²) in [7, 11) is 0. The molecular formula is C10H14ClN7OS. The fourth-order valence-corrected chi connectivity index (χ4v) is 2.64. The third kappa shape index (κ3) is 3.28. The molecule has 0 radical (unpaired) electrons. The van der Waals surface area contributed by atoms with Crippen LogP contribution in [-0.2, 0) is 0 Å². The van der Waals surface area contributed by atoms with Crippen LogP contribution in [0.5, 0.6) is 0 Å². The Morgan fingerprint density at radius 1 is 1.40 bits per heavy atom. The number of H-pyrrole nitrogens is 1. The van der Waals surface area contributed by atoms with E-state index in [0.717, 1.165) is 11.8 Å². The summed E-state index contributed by atoms with van der Waals surface area (Å²) in [4.78, 5) is 23.8. The number of hydrogen-bond acceptors (Lipinski definition) is 7. The number of nitrogens with one attached hydrogen (secondary N) is 2. The lowest BCUT2D eigenvalue weighted by Gasteiger charge is -2.08. The van der Waals surface area contributed by atoms with E-state index in [9.17, 15) is 4.79 Å². The van der Waals surface area contributed by atoms with Gasteiger partial charge in [0.1, 0.15) is 0 Å². The molecule has 0 atom stereocenters. The van der Waals surface area contributed by atoms with Gasteiger partial charge in [0, 0.05) is 12.6 Å². The first-order valence-corrected chi connectivity index (χ1v) is 7.21. The van der Waals surface area contributed by atoms with Crippen LogP contribution in [0.15, 0.2) is 15.1 Å². The first-order valence-electron chi connectivity index (χ1n) is 6.01. The molecule has 2 heterocycles. The molecule has 8 nitrogen and oxygen atoms in total. The van der Waals surface area contributed by atoms with Gasteiger partial charge in [0.25, 0.3) is 0 Å². The summed E-state index contributed by atoms with van der Waals surface area (Å²) in [6, 6.07) is -0.0192. The van der Waals surface area contributed by atoms with Crippen molar-refractivity contribution in [1.29, 1.82) is 0 Å². The number of aromatic nitrogens is 6. The van der Waals surface area contributed by atoms with Crippen molar-refractivity contribution in [3.63, 3.8) is 0 Å². The van der Waals surface area contributed by atoms with Crippen molar-refractivity contribution in [1.82, 2.24) is 29.7 Å². The first-order chi connectivity index (χ1) is 9.51. The van der Waals surface area contributed by atoms with Gasteiger partial charge in [-0.2, -0.15) is 15.0 Å². The van der Waals surface area contributed by atoms with E-state index in [1.54, 1.807) is 0 Å². The molecule has 2 rings (SSSR count). The molecule has 0 aliphatic rings. The van der Waals surface area contributed by atoms with E-state index in [1.807, 2.05) is 20.8 Å². The second kappa shape index (κ2) is 6.23. The molecule has 2 N–H and O–H groups in total. The smallest absolute Gasteiger partial charge is 0.344 e. The lowest BCUT2D eigenvalue weighted by Crippen LogP contribution is -2.19. The second-order valence-electron chi connectivity index (χ2n) is 4.12. The number of aromatic amines is 1. The fourth-order valence-electron chi connectivity index (χ4n) is 1.51. The van der Waals surface area contributed by atoms with Gasteiger partial charge in [-0.25, -0.2) is 9.89 Å². The van der Waals surface area contributed by atoms with Crippen LogP contribution in [-0.4, -0.2) is 36.3 Å². The molecule has 0 bridgehead atoms. The van der Waals surface area contributed by atoms with E-state index in [2.05, 4.69) is 30.5 Å². The molecule has 10 heteroatoms. The average Bonchev–Trinajstić information content (AvgIpc) is 2.70. The Morgan fingerprint density at radius 2 is 2.15 bits per heavy atom. The first kappa shape index (κ1) is 14.8. The second-order valence-corrected chi connectivity index (χ2v) is 5.39. The van der Waals surface area contributed by atoms with E-state index < -0.39 is 0 Å². The van der Waals surface area contributed by atoms with Crippen molar-refractivity contribution in [2.75, 3.05) is 11.9 Å². The van der Waals surface area contributed by atoms with Crippen LogP contribution in [0.4, 0.5) is 5.95 Å². The molecule has 0 aliphatic carbocycles. The molecule has 0 unspecified atom stereocenters. The molecule has 108 valence electrons. The predicted molar refractivity (Wildman–Crippen MR) is 76.4 cm³/mol. The monoisotopic (exact) mass is 315 g/mol. The molecule has 0 saturated heterocycles. The number of hydrogen-bond donors (Lipinski definition) is 2. The van der Waals surface area contributed by atoms with Gasteiger partial charge in [-0.3, -0.25) is 4.57 Å². The van der Waals surface area contributed by atoms with Gasteiger partial charge in [0.2, 0.25) is 16.4 Å². The van der Waals surface area contributed by atoms with Gasteiger partial charge in [-0.05, 0) is 44.1 Å². The summed E-state index contributed by atoms with van der Waals surface area (Å²) >= 11 is 7.00. The van der Waals surface area contributed by atoms with E-state index >= 15 is 0 Å². The van der Waals surface area contributed by atoms with Gasteiger partial charge in [-0.15, -0.1) is 5.10 Å². The van der Waals surface area contributed by atoms with Gasteiger partial charge >= 0.3 is 5.69 Å². The van der Waals surface area contributed by atoms with Crippen LogP contribution in [0.1, 0.15) is 26.8 Å². The van der Waals surface area contributed by atoms with E-state index in [1.165, 1.54) is 4.57 Å². The molecule has 20 heavy (non-hydrogen) atoms. The van der Waals surface area contributed by atoms with Crippen molar-refractivity contribution in [2.45, 2.75) is 37.1 Å². The van der Waals surface area contributed by atoms with Gasteiger partial charge in [0.15, 0.2) is 5.16 Å². The van der Waals surface area contributed by atoms with Gasteiger partial charge in [-0.1, -0.05) is 0 Å². The van der Waals surface area contributed by atoms with Crippen molar-refractivity contribution in [3.05, 3.63) is 15.8 Å². The fraction of sp³-hybridized carbons (Fsp3) is 0.500. The Balaban J connectivity index is 2.32. The summed E-state index contributed by atoms with van der Waals surface area (Å²) in [5.41, 5.74) is -0.269. The molecule has 0 fully saturated rings. The molecule has 0 aromatic carbocycles. The van der Waals surface area contributed by atoms with Crippen LogP contribution < -0.4 is 11.0 Å².